The number of hydrogen-bond donors (Lipinski definition) is 2. The average Bonchev–Trinajstić information content (AvgIpc) is 2.95. The molecule has 27 heavy (non-hydrogen) atoms. The van der Waals surface area contributed by atoms with Gasteiger partial charge in [-0.25, -0.2) is 14.2 Å². The molecule has 0 bridgehead atoms. The molecule has 2 aromatic heterocycles. The van der Waals surface area contributed by atoms with Gasteiger partial charge in [0.1, 0.15) is 21.3 Å². The smallest absolute Gasteiger partial charge is 0.348 e. The van der Waals surface area contributed by atoms with Gasteiger partial charge in [0, 0.05) is 5.69 Å². The van der Waals surface area contributed by atoms with Crippen molar-refractivity contribution in [3.8, 4) is 0 Å². The van der Waals surface area contributed by atoms with Crippen LogP contribution in [0.1, 0.15) is 40.9 Å². The molecule has 2 N–H and O–H groups in total. The van der Waals surface area contributed by atoms with Crippen LogP contribution in [0.2, 0.25) is 5.02 Å². The maximum atomic E-state index is 13.3. The topological polar surface area (TPSA) is 84.1 Å². The molecule has 6 nitrogen and oxygen atoms in total. The Hall–Kier alpha value is -2.45. The van der Waals surface area contributed by atoms with Crippen molar-refractivity contribution >= 4 is 44.8 Å². The van der Waals surface area contributed by atoms with Crippen molar-refractivity contribution in [2.24, 2.45) is 0 Å². The van der Waals surface area contributed by atoms with Crippen LogP contribution in [-0.4, -0.2) is 22.5 Å². The van der Waals surface area contributed by atoms with Crippen LogP contribution in [0.3, 0.4) is 0 Å². The van der Waals surface area contributed by atoms with Crippen LogP contribution < -0.4 is 10.9 Å². The third-order valence-corrected chi connectivity index (χ3v) is 5.45. The van der Waals surface area contributed by atoms with Gasteiger partial charge in [-0.1, -0.05) is 11.6 Å². The number of hydrogen-bond acceptors (Lipinski definition) is 6. The van der Waals surface area contributed by atoms with Crippen LogP contribution in [0.25, 0.3) is 10.2 Å². The lowest BCUT2D eigenvalue weighted by molar-refractivity contribution is 0.0531. The van der Waals surface area contributed by atoms with Gasteiger partial charge in [-0.2, -0.15) is 0 Å². The largest absolute Gasteiger partial charge is 0.462 e. The van der Waals surface area contributed by atoms with E-state index >= 15 is 0 Å². The molecule has 0 fully saturated rings. The van der Waals surface area contributed by atoms with E-state index in [4.69, 9.17) is 16.3 Å². The first-order valence-electron chi connectivity index (χ1n) is 8.23. The number of ether oxygens (including phenoxy) is 1. The number of rotatable bonds is 5. The Labute approximate surface area is 163 Å². The van der Waals surface area contributed by atoms with E-state index in [0.29, 0.717) is 32.2 Å². The Morgan fingerprint density at radius 3 is 2.89 bits per heavy atom. The van der Waals surface area contributed by atoms with Crippen molar-refractivity contribution in [3.63, 3.8) is 0 Å². The second kappa shape index (κ2) is 7.66. The highest BCUT2D eigenvalue weighted by atomic mass is 35.5. The highest BCUT2D eigenvalue weighted by Gasteiger charge is 2.21. The molecule has 0 spiro atoms. The second-order valence-electron chi connectivity index (χ2n) is 5.90. The maximum Gasteiger partial charge on any atom is 0.348 e. The molecule has 9 heteroatoms. The Balaban J connectivity index is 1.96. The van der Waals surface area contributed by atoms with E-state index in [1.807, 2.05) is 0 Å². The van der Waals surface area contributed by atoms with Gasteiger partial charge in [0.25, 0.3) is 5.56 Å². The molecule has 0 aliphatic rings. The minimum Gasteiger partial charge on any atom is -0.462 e. The number of nitrogens with zero attached hydrogens (tertiary/aromatic N) is 1. The first-order valence-corrected chi connectivity index (χ1v) is 9.43. The van der Waals surface area contributed by atoms with Crippen LogP contribution in [0.4, 0.5) is 10.1 Å². The molecule has 3 rings (SSSR count). The zero-order valence-corrected chi connectivity index (χ0v) is 16.4. The standard InChI is InChI=1S/C18H17ClFN3O3S/c1-4-26-18(25)14-8(2)13-16(24)22-15(23-17(13)27-14)9(3)21-10-5-6-12(20)11(19)7-10/h5-7,9,21H,4H2,1-3H3,(H,22,23,24)/t9-/m1/s1. The van der Waals surface area contributed by atoms with E-state index in [1.54, 1.807) is 26.8 Å². The zero-order valence-electron chi connectivity index (χ0n) is 14.9. The van der Waals surface area contributed by atoms with Gasteiger partial charge in [-0.3, -0.25) is 4.79 Å². The van der Waals surface area contributed by atoms with Gasteiger partial charge in [-0.15, -0.1) is 11.3 Å². The number of aryl methyl sites for hydroxylation is 1. The van der Waals surface area contributed by atoms with Crippen molar-refractivity contribution in [1.82, 2.24) is 9.97 Å². The van der Waals surface area contributed by atoms with E-state index < -0.39 is 11.8 Å². The molecule has 0 saturated heterocycles. The summed E-state index contributed by atoms with van der Waals surface area (Å²) in [7, 11) is 0. The minimum atomic E-state index is -0.511. The summed E-state index contributed by atoms with van der Waals surface area (Å²) >= 11 is 6.92. The lowest BCUT2D eigenvalue weighted by Gasteiger charge is -2.14. The van der Waals surface area contributed by atoms with Gasteiger partial charge < -0.3 is 15.0 Å². The molecule has 0 saturated carbocycles. The summed E-state index contributed by atoms with van der Waals surface area (Å²) in [6.45, 7) is 5.47. The molecular weight excluding hydrogens is 393 g/mol. The van der Waals surface area contributed by atoms with E-state index in [0.717, 1.165) is 11.3 Å². The molecular formula is C18H17ClFN3O3S. The number of carbonyl (C=O) groups is 1. The molecule has 142 valence electrons. The summed E-state index contributed by atoms with van der Waals surface area (Å²) in [5.74, 6) is -0.584. The van der Waals surface area contributed by atoms with Crippen molar-refractivity contribution in [2.75, 3.05) is 11.9 Å². The number of fused-ring (bicyclic) bond motifs is 1. The molecule has 1 atom stereocenters. The SMILES string of the molecule is CCOC(=O)c1sc2nc([C@@H](C)Nc3ccc(F)c(Cl)c3)[nH]c(=O)c2c1C. The number of halogens is 2. The number of aromatic nitrogens is 2. The summed E-state index contributed by atoms with van der Waals surface area (Å²) in [4.78, 5) is 32.6. The molecule has 2 heterocycles. The second-order valence-corrected chi connectivity index (χ2v) is 7.31. The highest BCUT2D eigenvalue weighted by molar-refractivity contribution is 7.20. The van der Waals surface area contributed by atoms with E-state index in [2.05, 4.69) is 15.3 Å². The summed E-state index contributed by atoms with van der Waals surface area (Å²) in [5.41, 5.74) is 0.816. The monoisotopic (exact) mass is 409 g/mol. The first kappa shape index (κ1) is 19.3. The fourth-order valence-electron chi connectivity index (χ4n) is 2.66. The predicted molar refractivity (Wildman–Crippen MR) is 104 cm³/mol. The van der Waals surface area contributed by atoms with Crippen LogP contribution in [0.5, 0.6) is 0 Å². The number of anilines is 1. The molecule has 0 unspecified atom stereocenters. The number of thiophene rings is 1. The van der Waals surface area contributed by atoms with Crippen molar-refractivity contribution < 1.29 is 13.9 Å². The fraction of sp³-hybridized carbons (Fsp3) is 0.278. The van der Waals surface area contributed by atoms with E-state index in [-0.39, 0.29) is 23.2 Å². The molecule has 0 aliphatic heterocycles. The summed E-state index contributed by atoms with van der Waals surface area (Å²) < 4.78 is 18.3. The number of nitrogens with one attached hydrogen (secondary N) is 2. The van der Waals surface area contributed by atoms with E-state index in [1.165, 1.54) is 12.1 Å². The average molecular weight is 410 g/mol. The zero-order chi connectivity index (χ0) is 19.7. The number of aromatic amines is 1. The normalized spacial score (nSPS) is 12.2. The van der Waals surface area contributed by atoms with Crippen molar-refractivity contribution in [2.45, 2.75) is 26.8 Å². The summed E-state index contributed by atoms with van der Waals surface area (Å²) in [6, 6.07) is 3.88. The predicted octanol–water partition coefficient (Wildman–Crippen LogP) is 4.44. The van der Waals surface area contributed by atoms with E-state index in [9.17, 15) is 14.0 Å². The number of H-pyrrole nitrogens is 1. The summed E-state index contributed by atoms with van der Waals surface area (Å²) in [6.07, 6.45) is 0. The highest BCUT2D eigenvalue weighted by Crippen LogP contribution is 2.29. The molecule has 0 radical (unpaired) electrons. The van der Waals surface area contributed by atoms with Gasteiger partial charge in [0.05, 0.1) is 23.1 Å². The number of carbonyl (C=O) groups excluding carboxylic acids is 1. The third-order valence-electron chi connectivity index (χ3n) is 3.99. The quantitative estimate of drug-likeness (QED) is 0.609. The van der Waals surface area contributed by atoms with Gasteiger partial charge in [-0.05, 0) is 44.5 Å². The molecule has 1 aromatic carbocycles. The molecule has 3 aromatic rings. The van der Waals surface area contributed by atoms with Gasteiger partial charge in [0.2, 0.25) is 0 Å². The summed E-state index contributed by atoms with van der Waals surface area (Å²) in [5, 5.41) is 3.49. The van der Waals surface area contributed by atoms with Gasteiger partial charge in [0.15, 0.2) is 0 Å². The molecule has 0 aliphatic carbocycles. The Morgan fingerprint density at radius 1 is 1.48 bits per heavy atom. The third kappa shape index (κ3) is 3.81. The molecule has 0 amide bonds. The number of benzene rings is 1. The van der Waals surface area contributed by atoms with Crippen LogP contribution in [0.15, 0.2) is 23.0 Å². The van der Waals surface area contributed by atoms with Crippen LogP contribution in [0, 0.1) is 12.7 Å². The van der Waals surface area contributed by atoms with Crippen LogP contribution in [-0.2, 0) is 4.74 Å². The lowest BCUT2D eigenvalue weighted by Crippen LogP contribution is -2.17. The Bertz CT molecular complexity index is 1080. The van der Waals surface area contributed by atoms with Crippen LogP contribution >= 0.6 is 22.9 Å². The maximum absolute atomic E-state index is 13.3. The first-order chi connectivity index (χ1) is 12.8. The number of esters is 1. The fourth-order valence-corrected chi connectivity index (χ4v) is 3.92. The Morgan fingerprint density at radius 2 is 2.22 bits per heavy atom. The van der Waals surface area contributed by atoms with Gasteiger partial charge >= 0.3 is 5.97 Å². The lowest BCUT2D eigenvalue weighted by atomic mass is 10.2. The minimum absolute atomic E-state index is 0.00272. The van der Waals surface area contributed by atoms with Crippen molar-refractivity contribution in [1.29, 1.82) is 0 Å². The van der Waals surface area contributed by atoms with Crippen molar-refractivity contribution in [3.05, 3.63) is 55.7 Å². The Kier molecular flexibility index (Phi) is 5.48.